The topological polar surface area (TPSA) is 61.6 Å². The van der Waals surface area contributed by atoms with Crippen molar-refractivity contribution in [2.45, 2.75) is 11.9 Å². The summed E-state index contributed by atoms with van der Waals surface area (Å²) < 4.78 is 10.7. The summed E-state index contributed by atoms with van der Waals surface area (Å²) in [6, 6.07) is 12.2. The van der Waals surface area contributed by atoms with Crippen LogP contribution < -0.4 is 9.47 Å². The Balaban J connectivity index is 2.19. The fourth-order valence-corrected chi connectivity index (χ4v) is 2.18. The molecular formula is C15H14BrNO4. The van der Waals surface area contributed by atoms with Crippen LogP contribution in [-0.4, -0.2) is 12.0 Å². The lowest BCUT2D eigenvalue weighted by atomic mass is 10.2. The Bertz CT molecular complexity index is 645. The number of ether oxygens (including phenoxy) is 2. The molecule has 0 spiro atoms. The Morgan fingerprint density at radius 1 is 1.19 bits per heavy atom. The normalized spacial score (nSPS) is 10.2. The first-order chi connectivity index (χ1) is 10.1. The van der Waals surface area contributed by atoms with Crippen LogP contribution in [0.5, 0.6) is 11.5 Å². The summed E-state index contributed by atoms with van der Waals surface area (Å²) in [5.41, 5.74) is 1.76. The number of methoxy groups -OCH3 is 1. The lowest BCUT2D eigenvalue weighted by molar-refractivity contribution is -0.386. The van der Waals surface area contributed by atoms with Gasteiger partial charge in [-0.1, -0.05) is 34.1 Å². The summed E-state index contributed by atoms with van der Waals surface area (Å²) in [5.74, 6) is 0.986. The number of hydrogen-bond acceptors (Lipinski definition) is 4. The van der Waals surface area contributed by atoms with Gasteiger partial charge in [0.25, 0.3) is 0 Å². The molecule has 0 bridgehead atoms. The molecule has 2 aromatic rings. The van der Waals surface area contributed by atoms with E-state index in [1.807, 2.05) is 24.3 Å². The number of halogens is 1. The SMILES string of the molecule is COc1cccc(COc2cc(CBr)ccc2[N+](=O)[O-])c1. The first-order valence-electron chi connectivity index (χ1n) is 6.23. The Morgan fingerprint density at radius 2 is 2.00 bits per heavy atom. The molecule has 0 aliphatic heterocycles. The maximum Gasteiger partial charge on any atom is 0.310 e. The molecule has 0 atom stereocenters. The Labute approximate surface area is 130 Å². The van der Waals surface area contributed by atoms with Gasteiger partial charge in [0.2, 0.25) is 0 Å². The van der Waals surface area contributed by atoms with Crippen molar-refractivity contribution in [3.63, 3.8) is 0 Å². The molecule has 5 nitrogen and oxygen atoms in total. The molecule has 0 saturated heterocycles. The van der Waals surface area contributed by atoms with Crippen molar-refractivity contribution < 1.29 is 14.4 Å². The van der Waals surface area contributed by atoms with E-state index in [1.165, 1.54) is 6.07 Å². The van der Waals surface area contributed by atoms with Crippen LogP contribution in [0.1, 0.15) is 11.1 Å². The van der Waals surface area contributed by atoms with Crippen molar-refractivity contribution in [3.8, 4) is 11.5 Å². The molecule has 0 saturated carbocycles. The minimum Gasteiger partial charge on any atom is -0.497 e. The van der Waals surface area contributed by atoms with Gasteiger partial charge < -0.3 is 9.47 Å². The van der Waals surface area contributed by atoms with E-state index < -0.39 is 4.92 Å². The van der Waals surface area contributed by atoms with Gasteiger partial charge in [-0.25, -0.2) is 0 Å². The van der Waals surface area contributed by atoms with Gasteiger partial charge in [0.05, 0.1) is 12.0 Å². The molecule has 0 amide bonds. The van der Waals surface area contributed by atoms with Crippen LogP contribution in [0.25, 0.3) is 0 Å². The standard InChI is InChI=1S/C15H14BrNO4/c1-20-13-4-2-3-12(7-13)10-21-15-8-11(9-16)5-6-14(15)17(18)19/h2-8H,9-10H2,1H3. The molecule has 0 heterocycles. The summed E-state index contributed by atoms with van der Waals surface area (Å²) in [7, 11) is 1.59. The molecule has 6 heteroatoms. The molecule has 0 aromatic heterocycles. The highest BCUT2D eigenvalue weighted by molar-refractivity contribution is 9.08. The summed E-state index contributed by atoms with van der Waals surface area (Å²) in [5, 5.41) is 11.6. The lowest BCUT2D eigenvalue weighted by Gasteiger charge is -2.09. The summed E-state index contributed by atoms with van der Waals surface area (Å²) in [4.78, 5) is 10.6. The van der Waals surface area contributed by atoms with Crippen molar-refractivity contribution in [3.05, 3.63) is 63.7 Å². The van der Waals surface area contributed by atoms with Crippen LogP contribution in [0.3, 0.4) is 0 Å². The molecule has 2 aromatic carbocycles. The van der Waals surface area contributed by atoms with Crippen molar-refractivity contribution in [2.24, 2.45) is 0 Å². The van der Waals surface area contributed by atoms with Crippen molar-refractivity contribution in [2.75, 3.05) is 7.11 Å². The third kappa shape index (κ3) is 3.95. The predicted octanol–water partition coefficient (Wildman–Crippen LogP) is 4.08. The van der Waals surface area contributed by atoms with Crippen LogP contribution in [0.15, 0.2) is 42.5 Å². The number of alkyl halides is 1. The van der Waals surface area contributed by atoms with Gasteiger partial charge in [0.15, 0.2) is 5.75 Å². The zero-order valence-electron chi connectivity index (χ0n) is 11.4. The maximum absolute atomic E-state index is 11.0. The highest BCUT2D eigenvalue weighted by Gasteiger charge is 2.15. The van der Waals surface area contributed by atoms with Crippen molar-refractivity contribution in [1.29, 1.82) is 0 Å². The second-order valence-corrected chi connectivity index (χ2v) is 4.89. The number of nitro groups is 1. The molecule has 0 radical (unpaired) electrons. The zero-order chi connectivity index (χ0) is 15.2. The number of nitro benzene ring substituents is 1. The summed E-state index contributed by atoms with van der Waals surface area (Å²) in [6.07, 6.45) is 0. The highest BCUT2D eigenvalue weighted by Crippen LogP contribution is 2.29. The molecule has 0 aliphatic rings. The first kappa shape index (κ1) is 15.3. The van der Waals surface area contributed by atoms with E-state index in [0.29, 0.717) is 5.33 Å². The van der Waals surface area contributed by atoms with Crippen LogP contribution in [0, 0.1) is 10.1 Å². The second-order valence-electron chi connectivity index (χ2n) is 4.33. The molecule has 0 fully saturated rings. The van der Waals surface area contributed by atoms with E-state index in [2.05, 4.69) is 15.9 Å². The van der Waals surface area contributed by atoms with E-state index in [9.17, 15) is 10.1 Å². The van der Waals surface area contributed by atoms with Crippen LogP contribution in [0.4, 0.5) is 5.69 Å². The second kappa shape index (κ2) is 7.08. The predicted molar refractivity (Wildman–Crippen MR) is 83.1 cm³/mol. The summed E-state index contributed by atoms with van der Waals surface area (Å²) in [6.45, 7) is 0.240. The maximum atomic E-state index is 11.0. The lowest BCUT2D eigenvalue weighted by Crippen LogP contribution is -2.00. The van der Waals surface area contributed by atoms with Crippen molar-refractivity contribution in [1.82, 2.24) is 0 Å². The zero-order valence-corrected chi connectivity index (χ0v) is 13.0. The van der Waals surface area contributed by atoms with E-state index in [0.717, 1.165) is 16.9 Å². The number of nitrogens with zero attached hydrogens (tertiary/aromatic N) is 1. The van der Waals surface area contributed by atoms with Gasteiger partial charge in [-0.2, -0.15) is 0 Å². The van der Waals surface area contributed by atoms with Gasteiger partial charge in [0, 0.05) is 11.4 Å². The molecule has 2 rings (SSSR count). The molecule has 0 unspecified atom stereocenters. The van der Waals surface area contributed by atoms with Gasteiger partial charge in [-0.3, -0.25) is 10.1 Å². The van der Waals surface area contributed by atoms with E-state index in [1.54, 1.807) is 19.2 Å². The van der Waals surface area contributed by atoms with Gasteiger partial charge >= 0.3 is 5.69 Å². The van der Waals surface area contributed by atoms with E-state index in [-0.39, 0.29) is 18.0 Å². The average molecular weight is 352 g/mol. The van der Waals surface area contributed by atoms with Gasteiger partial charge in [-0.15, -0.1) is 0 Å². The van der Waals surface area contributed by atoms with Gasteiger partial charge in [-0.05, 0) is 29.3 Å². The Hall–Kier alpha value is -2.08. The monoisotopic (exact) mass is 351 g/mol. The number of benzene rings is 2. The van der Waals surface area contributed by atoms with Gasteiger partial charge in [0.1, 0.15) is 12.4 Å². The molecule has 21 heavy (non-hydrogen) atoms. The summed E-state index contributed by atoms with van der Waals surface area (Å²) >= 11 is 3.33. The molecule has 110 valence electrons. The van der Waals surface area contributed by atoms with E-state index >= 15 is 0 Å². The minimum atomic E-state index is -0.446. The van der Waals surface area contributed by atoms with Crippen LogP contribution >= 0.6 is 15.9 Å². The minimum absolute atomic E-state index is 0.0393. The average Bonchev–Trinajstić information content (AvgIpc) is 2.52. The highest BCUT2D eigenvalue weighted by atomic mass is 79.9. The number of rotatable bonds is 6. The first-order valence-corrected chi connectivity index (χ1v) is 7.35. The van der Waals surface area contributed by atoms with Crippen LogP contribution in [0.2, 0.25) is 0 Å². The third-order valence-corrected chi connectivity index (χ3v) is 3.55. The fourth-order valence-electron chi connectivity index (χ4n) is 1.83. The molecule has 0 aliphatic carbocycles. The molecule has 0 N–H and O–H groups in total. The fraction of sp³-hybridized carbons (Fsp3) is 0.200. The third-order valence-electron chi connectivity index (χ3n) is 2.90. The quantitative estimate of drug-likeness (QED) is 0.447. The molecular weight excluding hydrogens is 338 g/mol. The number of hydrogen-bond donors (Lipinski definition) is 0. The Kier molecular flexibility index (Phi) is 5.16. The van der Waals surface area contributed by atoms with Crippen molar-refractivity contribution >= 4 is 21.6 Å². The van der Waals surface area contributed by atoms with Crippen LogP contribution in [-0.2, 0) is 11.9 Å². The smallest absolute Gasteiger partial charge is 0.310 e. The largest absolute Gasteiger partial charge is 0.497 e. The Morgan fingerprint density at radius 3 is 2.67 bits per heavy atom. The van der Waals surface area contributed by atoms with E-state index in [4.69, 9.17) is 9.47 Å².